The summed E-state index contributed by atoms with van der Waals surface area (Å²) in [5, 5.41) is 2.76. The summed E-state index contributed by atoms with van der Waals surface area (Å²) in [5.74, 6) is -0.517. The first-order chi connectivity index (χ1) is 12.0. The first kappa shape index (κ1) is 17.2. The van der Waals surface area contributed by atoms with Crippen molar-refractivity contribution in [1.29, 1.82) is 0 Å². The Bertz CT molecular complexity index is 995. The Balaban J connectivity index is 1.59. The van der Waals surface area contributed by atoms with Crippen molar-refractivity contribution in [3.05, 3.63) is 66.1 Å². The maximum Gasteiger partial charge on any atom is 0.221 e. The predicted octanol–water partition coefficient (Wildman–Crippen LogP) is 2.12. The second kappa shape index (κ2) is 7.06. The highest BCUT2D eigenvalue weighted by Gasteiger charge is 2.16. The van der Waals surface area contributed by atoms with Gasteiger partial charge in [-0.1, -0.05) is 24.3 Å². The fourth-order valence-corrected chi connectivity index (χ4v) is 3.84. The van der Waals surface area contributed by atoms with Crippen molar-refractivity contribution in [2.45, 2.75) is 24.8 Å². The number of sulfone groups is 1. The standard InChI is InChI=1S/C18H19N3O3S/c1-14-6-5-10-21-15(13-20-18(14)21)12-19-17(22)9-11-25(23,24)16-7-3-2-4-8-16/h2-8,10,13H,9,11-12H2,1H3,(H,19,22). The highest BCUT2D eigenvalue weighted by Crippen LogP contribution is 2.12. The molecule has 2 heterocycles. The van der Waals surface area contributed by atoms with E-state index in [2.05, 4.69) is 10.3 Å². The molecule has 0 aliphatic rings. The molecule has 25 heavy (non-hydrogen) atoms. The number of nitrogens with zero attached hydrogens (tertiary/aromatic N) is 2. The van der Waals surface area contributed by atoms with Crippen LogP contribution < -0.4 is 5.32 Å². The average Bonchev–Trinajstić information content (AvgIpc) is 3.04. The molecule has 0 atom stereocenters. The molecule has 3 rings (SSSR count). The van der Waals surface area contributed by atoms with E-state index in [9.17, 15) is 13.2 Å². The molecule has 0 saturated heterocycles. The molecule has 130 valence electrons. The third-order valence-electron chi connectivity index (χ3n) is 3.97. The minimum Gasteiger partial charge on any atom is -0.350 e. The normalized spacial score (nSPS) is 11.6. The van der Waals surface area contributed by atoms with Crippen LogP contribution in [0.15, 0.2) is 59.8 Å². The molecule has 1 aromatic carbocycles. The minimum absolute atomic E-state index is 0.0764. The number of carbonyl (C=O) groups excluding carboxylic acids is 1. The van der Waals surface area contributed by atoms with E-state index in [1.54, 1.807) is 24.4 Å². The smallest absolute Gasteiger partial charge is 0.221 e. The maximum atomic E-state index is 12.2. The van der Waals surface area contributed by atoms with Crippen LogP contribution in [-0.4, -0.2) is 29.5 Å². The molecule has 0 fully saturated rings. The molecule has 0 saturated carbocycles. The lowest BCUT2D eigenvalue weighted by atomic mass is 10.3. The number of hydrogen-bond acceptors (Lipinski definition) is 4. The molecule has 0 aliphatic heterocycles. The first-order valence-corrected chi connectivity index (χ1v) is 9.59. The van der Waals surface area contributed by atoms with E-state index in [1.807, 2.05) is 29.7 Å². The van der Waals surface area contributed by atoms with E-state index in [4.69, 9.17) is 0 Å². The van der Waals surface area contributed by atoms with Gasteiger partial charge in [-0.15, -0.1) is 0 Å². The van der Waals surface area contributed by atoms with Crippen LogP contribution in [-0.2, 0) is 21.2 Å². The lowest BCUT2D eigenvalue weighted by Crippen LogP contribution is -2.25. The Morgan fingerprint density at radius 2 is 1.92 bits per heavy atom. The lowest BCUT2D eigenvalue weighted by molar-refractivity contribution is -0.120. The molecule has 0 bridgehead atoms. The average molecular weight is 357 g/mol. The molecule has 0 aliphatic carbocycles. The van der Waals surface area contributed by atoms with Gasteiger partial charge in [0.05, 0.1) is 29.1 Å². The molecule has 0 radical (unpaired) electrons. The molecule has 1 amide bonds. The van der Waals surface area contributed by atoms with Gasteiger partial charge in [0, 0.05) is 12.6 Å². The van der Waals surface area contributed by atoms with Crippen molar-refractivity contribution in [3.63, 3.8) is 0 Å². The number of rotatable bonds is 6. The number of hydrogen-bond donors (Lipinski definition) is 1. The van der Waals surface area contributed by atoms with Crippen LogP contribution in [0.25, 0.3) is 5.65 Å². The Labute approximate surface area is 146 Å². The zero-order valence-corrected chi connectivity index (χ0v) is 14.7. The predicted molar refractivity (Wildman–Crippen MR) is 94.9 cm³/mol. The number of carbonyl (C=O) groups is 1. The summed E-state index contributed by atoms with van der Waals surface area (Å²) in [6, 6.07) is 12.0. The number of aromatic nitrogens is 2. The summed E-state index contributed by atoms with van der Waals surface area (Å²) >= 11 is 0. The summed E-state index contributed by atoms with van der Waals surface area (Å²) in [7, 11) is -3.45. The fourth-order valence-electron chi connectivity index (χ4n) is 2.58. The third-order valence-corrected chi connectivity index (χ3v) is 5.71. The number of benzene rings is 1. The fraction of sp³-hybridized carbons (Fsp3) is 0.222. The van der Waals surface area contributed by atoms with Crippen molar-refractivity contribution < 1.29 is 13.2 Å². The van der Waals surface area contributed by atoms with E-state index in [1.165, 1.54) is 12.1 Å². The number of fused-ring (bicyclic) bond motifs is 1. The van der Waals surface area contributed by atoms with Crippen LogP contribution in [0.5, 0.6) is 0 Å². The molecule has 6 nitrogen and oxygen atoms in total. The number of aryl methyl sites for hydroxylation is 1. The monoisotopic (exact) mass is 357 g/mol. The van der Waals surface area contributed by atoms with Crippen LogP contribution in [0.2, 0.25) is 0 Å². The highest BCUT2D eigenvalue weighted by molar-refractivity contribution is 7.91. The van der Waals surface area contributed by atoms with Gasteiger partial charge in [-0.2, -0.15) is 0 Å². The van der Waals surface area contributed by atoms with Gasteiger partial charge < -0.3 is 9.72 Å². The second-order valence-electron chi connectivity index (χ2n) is 5.79. The van der Waals surface area contributed by atoms with Crippen molar-refractivity contribution in [2.75, 3.05) is 5.75 Å². The van der Waals surface area contributed by atoms with Gasteiger partial charge in [0.2, 0.25) is 5.91 Å². The van der Waals surface area contributed by atoms with Gasteiger partial charge in [-0.25, -0.2) is 13.4 Å². The van der Waals surface area contributed by atoms with E-state index in [0.29, 0.717) is 6.54 Å². The number of amides is 1. The van der Waals surface area contributed by atoms with Gasteiger partial charge in [0.25, 0.3) is 0 Å². The summed E-state index contributed by atoms with van der Waals surface area (Å²) in [6.07, 6.45) is 3.52. The molecule has 0 unspecified atom stereocenters. The van der Waals surface area contributed by atoms with Crippen LogP contribution in [0.4, 0.5) is 0 Å². The zero-order valence-electron chi connectivity index (χ0n) is 13.8. The van der Waals surface area contributed by atoms with Crippen LogP contribution in [0.1, 0.15) is 17.7 Å². The minimum atomic E-state index is -3.45. The SMILES string of the molecule is Cc1cccn2c(CNC(=O)CCS(=O)(=O)c3ccccc3)cnc12. The number of imidazole rings is 1. The van der Waals surface area contributed by atoms with E-state index in [-0.39, 0.29) is 23.0 Å². The van der Waals surface area contributed by atoms with E-state index >= 15 is 0 Å². The summed E-state index contributed by atoms with van der Waals surface area (Å²) in [4.78, 5) is 16.6. The second-order valence-corrected chi connectivity index (χ2v) is 7.90. The van der Waals surface area contributed by atoms with Gasteiger partial charge >= 0.3 is 0 Å². The highest BCUT2D eigenvalue weighted by atomic mass is 32.2. The summed E-state index contributed by atoms with van der Waals surface area (Å²) < 4.78 is 26.3. The van der Waals surface area contributed by atoms with Crippen LogP contribution >= 0.6 is 0 Å². The van der Waals surface area contributed by atoms with Gasteiger partial charge in [-0.05, 0) is 30.7 Å². The molecular weight excluding hydrogens is 338 g/mol. The molecule has 7 heteroatoms. The first-order valence-electron chi connectivity index (χ1n) is 7.93. The van der Waals surface area contributed by atoms with Crippen molar-refractivity contribution in [3.8, 4) is 0 Å². The van der Waals surface area contributed by atoms with Crippen molar-refractivity contribution in [2.24, 2.45) is 0 Å². The lowest BCUT2D eigenvalue weighted by Gasteiger charge is -2.07. The Hall–Kier alpha value is -2.67. The molecular formula is C18H19N3O3S. The zero-order chi connectivity index (χ0) is 17.9. The molecule has 3 aromatic rings. The number of pyridine rings is 1. The van der Waals surface area contributed by atoms with E-state index < -0.39 is 9.84 Å². The topological polar surface area (TPSA) is 80.5 Å². The molecule has 0 spiro atoms. The molecule has 2 aromatic heterocycles. The summed E-state index contributed by atoms with van der Waals surface area (Å²) in [5.41, 5.74) is 2.74. The third kappa shape index (κ3) is 3.88. The largest absolute Gasteiger partial charge is 0.350 e. The number of nitrogens with one attached hydrogen (secondary N) is 1. The maximum absolute atomic E-state index is 12.2. The molecule has 1 N–H and O–H groups in total. The van der Waals surface area contributed by atoms with E-state index in [0.717, 1.165) is 16.9 Å². The van der Waals surface area contributed by atoms with Crippen LogP contribution in [0, 0.1) is 6.92 Å². The Kier molecular flexibility index (Phi) is 4.85. The Morgan fingerprint density at radius 1 is 1.16 bits per heavy atom. The Morgan fingerprint density at radius 3 is 2.68 bits per heavy atom. The summed E-state index contributed by atoms with van der Waals surface area (Å²) in [6.45, 7) is 2.27. The van der Waals surface area contributed by atoms with Crippen molar-refractivity contribution in [1.82, 2.24) is 14.7 Å². The van der Waals surface area contributed by atoms with Crippen molar-refractivity contribution >= 4 is 21.4 Å². The van der Waals surface area contributed by atoms with Gasteiger partial charge in [-0.3, -0.25) is 4.79 Å². The van der Waals surface area contributed by atoms with Crippen LogP contribution in [0.3, 0.4) is 0 Å². The van der Waals surface area contributed by atoms with Gasteiger partial charge in [0.15, 0.2) is 9.84 Å². The quantitative estimate of drug-likeness (QED) is 0.733. The van der Waals surface area contributed by atoms with Gasteiger partial charge in [0.1, 0.15) is 5.65 Å².